The number of H-pyrrole nitrogens is 1. The van der Waals surface area contributed by atoms with Gasteiger partial charge in [0.1, 0.15) is 0 Å². The second-order valence-electron chi connectivity index (χ2n) is 5.34. The summed E-state index contributed by atoms with van der Waals surface area (Å²) in [5, 5.41) is 6.77. The maximum Gasteiger partial charge on any atom is 0.236 e. The lowest BCUT2D eigenvalue weighted by Gasteiger charge is -2.10. The first-order valence-electron chi connectivity index (χ1n) is 7.18. The Balaban J connectivity index is 1.81. The van der Waals surface area contributed by atoms with Crippen LogP contribution in [-0.2, 0) is 15.8 Å². The van der Waals surface area contributed by atoms with E-state index in [9.17, 15) is 8.42 Å². The molecule has 0 bridgehead atoms. The zero-order valence-electron chi connectivity index (χ0n) is 12.7. The molecule has 6 heteroatoms. The minimum Gasteiger partial charge on any atom is -0.283 e. The number of aryl methyl sites for hydroxylation is 1. The van der Waals surface area contributed by atoms with Crippen LogP contribution >= 0.6 is 0 Å². The van der Waals surface area contributed by atoms with Crippen LogP contribution in [0.3, 0.4) is 0 Å². The largest absolute Gasteiger partial charge is 0.283 e. The molecule has 2 N–H and O–H groups in total. The molecular weight excluding hydrogens is 310 g/mol. The van der Waals surface area contributed by atoms with Crippen molar-refractivity contribution in [2.45, 2.75) is 12.7 Å². The molecule has 0 spiro atoms. The number of sulfonamides is 1. The third-order valence-electron chi connectivity index (χ3n) is 3.55. The first kappa shape index (κ1) is 15.3. The molecule has 23 heavy (non-hydrogen) atoms. The van der Waals surface area contributed by atoms with Gasteiger partial charge in [-0.1, -0.05) is 36.4 Å². The van der Waals surface area contributed by atoms with Crippen LogP contribution in [0.4, 0.5) is 5.69 Å². The van der Waals surface area contributed by atoms with Crippen LogP contribution in [0.25, 0.3) is 11.3 Å². The minimum atomic E-state index is -3.47. The van der Waals surface area contributed by atoms with Crippen molar-refractivity contribution in [2.75, 3.05) is 4.72 Å². The molecule has 0 unspecified atom stereocenters. The highest BCUT2D eigenvalue weighted by molar-refractivity contribution is 7.91. The fraction of sp³-hybridized carbons (Fsp3) is 0.118. The van der Waals surface area contributed by atoms with Gasteiger partial charge in [-0.15, -0.1) is 0 Å². The Labute approximate surface area is 135 Å². The summed E-state index contributed by atoms with van der Waals surface area (Å²) in [6.07, 6.45) is 1.66. The fourth-order valence-electron chi connectivity index (χ4n) is 2.36. The standard InChI is InChI=1S/C17H17N3O2S/c1-13-5-2-3-6-15(13)12-23(21,22)20-16-8-4-7-14(11-16)17-9-10-18-19-17/h2-11,20H,12H2,1H3,(H,18,19). The van der Waals surface area contributed by atoms with E-state index in [1.165, 1.54) is 0 Å². The van der Waals surface area contributed by atoms with E-state index in [0.717, 1.165) is 22.4 Å². The predicted octanol–water partition coefficient (Wildman–Crippen LogP) is 3.33. The number of nitrogens with zero attached hydrogens (tertiary/aromatic N) is 1. The number of anilines is 1. The molecule has 2 aromatic carbocycles. The number of aromatic amines is 1. The van der Waals surface area contributed by atoms with Crippen molar-refractivity contribution in [1.82, 2.24) is 10.2 Å². The van der Waals surface area contributed by atoms with Crippen LogP contribution in [0.5, 0.6) is 0 Å². The minimum absolute atomic E-state index is 0.0477. The van der Waals surface area contributed by atoms with Crippen molar-refractivity contribution in [3.05, 3.63) is 71.9 Å². The van der Waals surface area contributed by atoms with E-state index < -0.39 is 10.0 Å². The molecule has 118 valence electrons. The number of benzene rings is 2. The van der Waals surface area contributed by atoms with Crippen LogP contribution in [-0.4, -0.2) is 18.6 Å². The quantitative estimate of drug-likeness (QED) is 0.755. The van der Waals surface area contributed by atoms with Gasteiger partial charge in [0.05, 0.1) is 11.4 Å². The lowest BCUT2D eigenvalue weighted by Crippen LogP contribution is -2.15. The molecule has 1 heterocycles. The normalized spacial score (nSPS) is 11.3. The molecule has 0 saturated carbocycles. The highest BCUT2D eigenvalue weighted by Crippen LogP contribution is 2.22. The maximum absolute atomic E-state index is 12.4. The van der Waals surface area contributed by atoms with E-state index in [1.54, 1.807) is 18.3 Å². The molecule has 0 atom stereocenters. The Morgan fingerprint density at radius 2 is 1.91 bits per heavy atom. The van der Waals surface area contributed by atoms with Gasteiger partial charge in [0.25, 0.3) is 0 Å². The predicted molar refractivity (Wildman–Crippen MR) is 91.4 cm³/mol. The molecule has 0 saturated heterocycles. The number of hydrogen-bond acceptors (Lipinski definition) is 3. The average Bonchev–Trinajstić information content (AvgIpc) is 3.03. The zero-order chi connectivity index (χ0) is 16.3. The molecule has 0 radical (unpaired) electrons. The van der Waals surface area contributed by atoms with Crippen molar-refractivity contribution < 1.29 is 8.42 Å². The third-order valence-corrected chi connectivity index (χ3v) is 4.79. The Morgan fingerprint density at radius 1 is 1.09 bits per heavy atom. The Hall–Kier alpha value is -2.60. The fourth-order valence-corrected chi connectivity index (χ4v) is 3.65. The van der Waals surface area contributed by atoms with Crippen LogP contribution in [0.1, 0.15) is 11.1 Å². The van der Waals surface area contributed by atoms with Gasteiger partial charge in [0, 0.05) is 17.4 Å². The number of hydrogen-bond donors (Lipinski definition) is 2. The summed E-state index contributed by atoms with van der Waals surface area (Å²) in [6, 6.07) is 16.5. The first-order valence-corrected chi connectivity index (χ1v) is 8.83. The van der Waals surface area contributed by atoms with Gasteiger partial charge in [0.2, 0.25) is 10.0 Å². The SMILES string of the molecule is Cc1ccccc1CS(=O)(=O)Nc1cccc(-c2ccn[nH]2)c1. The highest BCUT2D eigenvalue weighted by atomic mass is 32.2. The van der Waals surface area contributed by atoms with E-state index in [0.29, 0.717) is 5.69 Å². The van der Waals surface area contributed by atoms with Gasteiger partial charge in [0.15, 0.2) is 0 Å². The Kier molecular flexibility index (Phi) is 4.16. The van der Waals surface area contributed by atoms with Gasteiger partial charge >= 0.3 is 0 Å². The summed E-state index contributed by atoms with van der Waals surface area (Å²) in [4.78, 5) is 0. The number of rotatable bonds is 5. The Bertz CT molecular complexity index is 903. The van der Waals surface area contributed by atoms with E-state index >= 15 is 0 Å². The lowest BCUT2D eigenvalue weighted by atomic mass is 10.1. The van der Waals surface area contributed by atoms with Crippen LogP contribution < -0.4 is 4.72 Å². The van der Waals surface area contributed by atoms with Crippen LogP contribution in [0.15, 0.2) is 60.8 Å². The molecular formula is C17H17N3O2S. The van der Waals surface area contributed by atoms with Crippen LogP contribution in [0.2, 0.25) is 0 Å². The van der Waals surface area contributed by atoms with E-state index in [-0.39, 0.29) is 5.75 Å². The lowest BCUT2D eigenvalue weighted by molar-refractivity contribution is 0.600. The molecule has 0 fully saturated rings. The van der Waals surface area contributed by atoms with Gasteiger partial charge in [-0.25, -0.2) is 8.42 Å². The molecule has 3 rings (SSSR count). The molecule has 1 aromatic heterocycles. The highest BCUT2D eigenvalue weighted by Gasteiger charge is 2.13. The number of nitrogens with one attached hydrogen (secondary N) is 2. The molecule has 0 aliphatic carbocycles. The molecule has 0 aliphatic heterocycles. The van der Waals surface area contributed by atoms with E-state index in [2.05, 4.69) is 14.9 Å². The van der Waals surface area contributed by atoms with E-state index in [1.807, 2.05) is 49.4 Å². The zero-order valence-corrected chi connectivity index (χ0v) is 13.5. The summed E-state index contributed by atoms with van der Waals surface area (Å²) < 4.78 is 27.4. The second kappa shape index (κ2) is 6.26. The van der Waals surface area contributed by atoms with E-state index in [4.69, 9.17) is 0 Å². The number of aromatic nitrogens is 2. The summed E-state index contributed by atoms with van der Waals surface area (Å²) >= 11 is 0. The first-order chi connectivity index (χ1) is 11.0. The molecule has 5 nitrogen and oxygen atoms in total. The van der Waals surface area contributed by atoms with Gasteiger partial charge in [-0.3, -0.25) is 9.82 Å². The summed E-state index contributed by atoms with van der Waals surface area (Å²) in [7, 11) is -3.47. The molecule has 3 aromatic rings. The monoisotopic (exact) mass is 327 g/mol. The topological polar surface area (TPSA) is 74.8 Å². The third kappa shape index (κ3) is 3.78. The molecule has 0 amide bonds. The Morgan fingerprint density at radius 3 is 2.65 bits per heavy atom. The van der Waals surface area contributed by atoms with Gasteiger partial charge in [-0.05, 0) is 36.2 Å². The van der Waals surface area contributed by atoms with Gasteiger partial charge in [-0.2, -0.15) is 5.10 Å². The smallest absolute Gasteiger partial charge is 0.236 e. The van der Waals surface area contributed by atoms with Crippen molar-refractivity contribution in [3.63, 3.8) is 0 Å². The van der Waals surface area contributed by atoms with Crippen molar-refractivity contribution in [2.24, 2.45) is 0 Å². The van der Waals surface area contributed by atoms with Crippen LogP contribution in [0, 0.1) is 6.92 Å². The summed E-state index contributed by atoms with van der Waals surface area (Å²) in [5.41, 5.74) is 4.00. The summed E-state index contributed by atoms with van der Waals surface area (Å²) in [5.74, 6) is -0.0477. The summed E-state index contributed by atoms with van der Waals surface area (Å²) in [6.45, 7) is 1.91. The van der Waals surface area contributed by atoms with Crippen molar-refractivity contribution >= 4 is 15.7 Å². The van der Waals surface area contributed by atoms with Crippen molar-refractivity contribution in [3.8, 4) is 11.3 Å². The average molecular weight is 327 g/mol. The van der Waals surface area contributed by atoms with Crippen molar-refractivity contribution in [1.29, 1.82) is 0 Å². The molecule has 0 aliphatic rings. The maximum atomic E-state index is 12.4. The second-order valence-corrected chi connectivity index (χ2v) is 7.06. The van der Waals surface area contributed by atoms with Gasteiger partial charge < -0.3 is 0 Å².